The lowest BCUT2D eigenvalue weighted by molar-refractivity contribution is -0.138. The van der Waals surface area contributed by atoms with Crippen molar-refractivity contribution in [1.29, 1.82) is 0 Å². The predicted octanol–water partition coefficient (Wildman–Crippen LogP) is 2.27. The van der Waals surface area contributed by atoms with Gasteiger partial charge in [-0.15, -0.1) is 0 Å². The van der Waals surface area contributed by atoms with Crippen molar-refractivity contribution in [3.63, 3.8) is 0 Å². The van der Waals surface area contributed by atoms with Gasteiger partial charge in [-0.2, -0.15) is 0 Å². The molecule has 5 nitrogen and oxygen atoms in total. The van der Waals surface area contributed by atoms with Gasteiger partial charge in [-0.1, -0.05) is 18.2 Å². The number of ether oxygens (including phenoxy) is 1. The number of carbonyl (C=O) groups excluding carboxylic acids is 1. The Morgan fingerprint density at radius 1 is 1.44 bits per heavy atom. The Morgan fingerprint density at radius 2 is 2.11 bits per heavy atom. The molecule has 0 bridgehead atoms. The highest BCUT2D eigenvalue weighted by atomic mass is 16.6. The van der Waals surface area contributed by atoms with Gasteiger partial charge >= 0.3 is 12.1 Å². The molecule has 1 aliphatic heterocycles. The van der Waals surface area contributed by atoms with Crippen LogP contribution in [0.2, 0.25) is 0 Å². The summed E-state index contributed by atoms with van der Waals surface area (Å²) in [5.41, 5.74) is 0.0345. The number of amides is 1. The second-order valence-electron chi connectivity index (χ2n) is 4.63. The van der Waals surface area contributed by atoms with Crippen molar-refractivity contribution in [1.82, 2.24) is 0 Å². The molecule has 1 aromatic rings. The van der Waals surface area contributed by atoms with Crippen molar-refractivity contribution >= 4 is 17.7 Å². The molecule has 0 aliphatic carbocycles. The lowest BCUT2D eigenvalue weighted by Crippen LogP contribution is -2.31. The summed E-state index contributed by atoms with van der Waals surface area (Å²) in [6, 6.07) is 9.20. The van der Waals surface area contributed by atoms with Crippen molar-refractivity contribution in [3.05, 3.63) is 30.3 Å². The first kappa shape index (κ1) is 12.4. The van der Waals surface area contributed by atoms with Gasteiger partial charge in [0.25, 0.3) is 0 Å². The van der Waals surface area contributed by atoms with Crippen LogP contribution in [0.4, 0.5) is 10.5 Å². The summed E-state index contributed by atoms with van der Waals surface area (Å²) in [4.78, 5) is 23.9. The zero-order chi connectivity index (χ0) is 13.2. The summed E-state index contributed by atoms with van der Waals surface area (Å²) in [6.07, 6.45) is -0.113. The highest BCUT2D eigenvalue weighted by molar-refractivity contribution is 5.90. The number of carbonyl (C=O) groups is 2. The Balaban J connectivity index is 2.09. The van der Waals surface area contributed by atoms with Crippen LogP contribution in [0.15, 0.2) is 30.3 Å². The van der Waals surface area contributed by atoms with Gasteiger partial charge in [0.1, 0.15) is 5.60 Å². The molecule has 1 aliphatic rings. The lowest BCUT2D eigenvalue weighted by Gasteiger charge is -2.20. The third-order valence-electron chi connectivity index (χ3n) is 2.98. The van der Waals surface area contributed by atoms with E-state index in [9.17, 15) is 9.59 Å². The van der Waals surface area contributed by atoms with Crippen molar-refractivity contribution in [3.8, 4) is 0 Å². The normalized spacial score (nSPS) is 22.9. The molecular weight excluding hydrogens is 234 g/mol. The average molecular weight is 249 g/mol. The lowest BCUT2D eigenvalue weighted by atomic mass is 10.00. The fourth-order valence-electron chi connectivity index (χ4n) is 2.00. The molecule has 0 radical (unpaired) electrons. The Bertz CT molecular complexity index is 459. The van der Waals surface area contributed by atoms with E-state index in [2.05, 4.69) is 0 Å². The third-order valence-corrected chi connectivity index (χ3v) is 2.98. The van der Waals surface area contributed by atoms with Crippen molar-refractivity contribution in [2.75, 3.05) is 11.4 Å². The molecule has 0 saturated carbocycles. The van der Waals surface area contributed by atoms with Crippen LogP contribution in [0, 0.1) is 0 Å². The molecule has 1 N–H and O–H groups in total. The highest BCUT2D eigenvalue weighted by Crippen LogP contribution is 2.30. The first-order valence-corrected chi connectivity index (χ1v) is 5.77. The number of hydrogen-bond donors (Lipinski definition) is 1. The van der Waals surface area contributed by atoms with Gasteiger partial charge in [0.2, 0.25) is 0 Å². The van der Waals surface area contributed by atoms with Gasteiger partial charge < -0.3 is 9.84 Å². The Kier molecular flexibility index (Phi) is 3.23. The number of rotatable bonds is 4. The molecule has 5 heteroatoms. The first-order valence-electron chi connectivity index (χ1n) is 5.77. The zero-order valence-corrected chi connectivity index (χ0v) is 10.1. The number of hydrogen-bond acceptors (Lipinski definition) is 3. The smallest absolute Gasteiger partial charge is 0.415 e. The average Bonchev–Trinajstić information content (AvgIpc) is 2.64. The number of anilines is 1. The summed E-state index contributed by atoms with van der Waals surface area (Å²) < 4.78 is 5.29. The van der Waals surface area contributed by atoms with Crippen LogP contribution in [0.25, 0.3) is 0 Å². The van der Waals surface area contributed by atoms with Crippen LogP contribution >= 0.6 is 0 Å². The fourth-order valence-corrected chi connectivity index (χ4v) is 2.00. The number of benzene rings is 1. The van der Waals surface area contributed by atoms with E-state index >= 15 is 0 Å². The number of para-hydroxylation sites is 1. The minimum Gasteiger partial charge on any atom is -0.481 e. The summed E-state index contributed by atoms with van der Waals surface area (Å²) in [6.45, 7) is 2.14. The minimum atomic E-state index is -0.884. The number of cyclic esters (lactones) is 1. The third kappa shape index (κ3) is 2.61. The van der Waals surface area contributed by atoms with Crippen molar-refractivity contribution < 1.29 is 19.4 Å². The van der Waals surface area contributed by atoms with E-state index in [4.69, 9.17) is 9.84 Å². The maximum absolute atomic E-state index is 11.8. The van der Waals surface area contributed by atoms with E-state index in [-0.39, 0.29) is 6.42 Å². The molecule has 2 rings (SSSR count). The minimum absolute atomic E-state index is 0.00753. The van der Waals surface area contributed by atoms with Crippen LogP contribution in [0.5, 0.6) is 0 Å². The molecular formula is C13H15NO4. The summed E-state index contributed by atoms with van der Waals surface area (Å²) in [7, 11) is 0. The maximum atomic E-state index is 11.8. The maximum Gasteiger partial charge on any atom is 0.415 e. The van der Waals surface area contributed by atoms with Crippen molar-refractivity contribution in [2.24, 2.45) is 0 Å². The van der Waals surface area contributed by atoms with E-state index in [1.165, 1.54) is 4.90 Å². The number of carboxylic acid groups (broad SMARTS) is 1. The molecule has 0 spiro atoms. The Labute approximate surface area is 105 Å². The Hall–Kier alpha value is -2.04. The monoisotopic (exact) mass is 249 g/mol. The molecule has 0 aromatic heterocycles. The topological polar surface area (TPSA) is 66.8 Å². The zero-order valence-electron chi connectivity index (χ0n) is 10.1. The van der Waals surface area contributed by atoms with Crippen LogP contribution < -0.4 is 4.90 Å². The first-order chi connectivity index (χ1) is 8.50. The van der Waals surface area contributed by atoms with E-state index < -0.39 is 17.7 Å². The Morgan fingerprint density at radius 3 is 2.72 bits per heavy atom. The van der Waals surface area contributed by atoms with Gasteiger partial charge in [0.05, 0.1) is 6.54 Å². The van der Waals surface area contributed by atoms with E-state index in [0.717, 1.165) is 5.69 Å². The molecule has 96 valence electrons. The van der Waals surface area contributed by atoms with Gasteiger partial charge in [-0.05, 0) is 25.5 Å². The summed E-state index contributed by atoms with van der Waals surface area (Å²) in [5.74, 6) is -0.884. The fraction of sp³-hybridized carbons (Fsp3) is 0.385. The number of carboxylic acids is 1. The standard InChI is InChI=1S/C13H15NO4/c1-13(8-7-11(15)16)9-14(12(17)18-13)10-5-3-2-4-6-10/h2-6H,7-9H2,1H3,(H,15,16). The quantitative estimate of drug-likeness (QED) is 0.888. The molecule has 18 heavy (non-hydrogen) atoms. The SMILES string of the molecule is CC1(CCC(=O)O)CN(c2ccccc2)C(=O)O1. The summed E-state index contributed by atoms with van der Waals surface area (Å²) >= 11 is 0. The largest absolute Gasteiger partial charge is 0.481 e. The second kappa shape index (κ2) is 4.68. The number of nitrogens with zero attached hydrogens (tertiary/aromatic N) is 1. The van der Waals surface area contributed by atoms with Crippen LogP contribution in [-0.4, -0.2) is 29.3 Å². The molecule has 1 fully saturated rings. The molecule has 1 saturated heterocycles. The molecule has 1 atom stereocenters. The highest BCUT2D eigenvalue weighted by Gasteiger charge is 2.41. The molecule has 1 aromatic carbocycles. The summed E-state index contributed by atoms with van der Waals surface area (Å²) in [5, 5.41) is 8.68. The van der Waals surface area contributed by atoms with Crippen LogP contribution in [0.3, 0.4) is 0 Å². The molecule has 1 heterocycles. The van der Waals surface area contributed by atoms with E-state index in [1.807, 2.05) is 30.3 Å². The molecule has 1 unspecified atom stereocenters. The molecule has 1 amide bonds. The second-order valence-corrected chi connectivity index (χ2v) is 4.63. The predicted molar refractivity (Wildman–Crippen MR) is 65.5 cm³/mol. The van der Waals surface area contributed by atoms with Gasteiger partial charge in [-0.3, -0.25) is 9.69 Å². The van der Waals surface area contributed by atoms with Gasteiger partial charge in [-0.25, -0.2) is 4.79 Å². The van der Waals surface area contributed by atoms with Gasteiger partial charge in [0, 0.05) is 12.1 Å². The van der Waals surface area contributed by atoms with E-state index in [1.54, 1.807) is 6.92 Å². The van der Waals surface area contributed by atoms with E-state index in [0.29, 0.717) is 13.0 Å². The van der Waals surface area contributed by atoms with Crippen LogP contribution in [-0.2, 0) is 9.53 Å². The van der Waals surface area contributed by atoms with Crippen molar-refractivity contribution in [2.45, 2.75) is 25.4 Å². The number of aliphatic carboxylic acids is 1. The van der Waals surface area contributed by atoms with Gasteiger partial charge in [0.15, 0.2) is 0 Å². The van der Waals surface area contributed by atoms with Crippen LogP contribution in [0.1, 0.15) is 19.8 Å².